The van der Waals surface area contributed by atoms with Crippen LogP contribution >= 0.6 is 0 Å². The van der Waals surface area contributed by atoms with E-state index in [1.807, 2.05) is 18.2 Å². The molecule has 3 heteroatoms. The number of para-hydroxylation sites is 3. The Bertz CT molecular complexity index is 862. The zero-order valence-corrected chi connectivity index (χ0v) is 15.7. The Morgan fingerprint density at radius 2 is 1.77 bits per heavy atom. The van der Waals surface area contributed by atoms with Gasteiger partial charge in [-0.2, -0.15) is 0 Å². The molecule has 0 unspecified atom stereocenters. The summed E-state index contributed by atoms with van der Waals surface area (Å²) in [6.07, 6.45) is 8.25. The summed E-state index contributed by atoms with van der Waals surface area (Å²) in [6, 6.07) is 16.6. The normalized spacial score (nSPS) is 15.4. The van der Waals surface area contributed by atoms with Crippen LogP contribution in [-0.2, 0) is 13.2 Å². The highest BCUT2D eigenvalue weighted by atomic mass is 16.5. The molecule has 3 nitrogen and oxygen atoms in total. The smallest absolute Gasteiger partial charge is 0.147 e. The Morgan fingerprint density at radius 1 is 1.00 bits per heavy atom. The molecule has 1 heterocycles. The lowest BCUT2D eigenvalue weighted by Crippen LogP contribution is -2.13. The second-order valence-electron chi connectivity index (χ2n) is 7.52. The van der Waals surface area contributed by atoms with Gasteiger partial charge in [0.05, 0.1) is 11.0 Å². The largest absolute Gasteiger partial charge is 0.485 e. The molecule has 1 aliphatic carbocycles. The van der Waals surface area contributed by atoms with Crippen molar-refractivity contribution in [3.8, 4) is 5.75 Å². The van der Waals surface area contributed by atoms with E-state index in [0.717, 1.165) is 35.1 Å². The van der Waals surface area contributed by atoms with E-state index in [-0.39, 0.29) is 0 Å². The lowest BCUT2D eigenvalue weighted by molar-refractivity contribution is 0.281. The fraction of sp³-hybridized carbons (Fsp3) is 0.435. The molecule has 0 atom stereocenters. The molecule has 0 N–H and O–H groups in total. The van der Waals surface area contributed by atoms with Crippen molar-refractivity contribution in [3.63, 3.8) is 0 Å². The Hall–Kier alpha value is -2.29. The van der Waals surface area contributed by atoms with Crippen molar-refractivity contribution >= 4 is 11.0 Å². The van der Waals surface area contributed by atoms with Crippen LogP contribution in [0, 0.1) is 12.8 Å². The van der Waals surface area contributed by atoms with Crippen molar-refractivity contribution in [2.24, 2.45) is 5.92 Å². The molecule has 0 saturated heterocycles. The van der Waals surface area contributed by atoms with E-state index in [1.165, 1.54) is 44.0 Å². The quantitative estimate of drug-likeness (QED) is 0.555. The van der Waals surface area contributed by atoms with Crippen molar-refractivity contribution in [1.29, 1.82) is 0 Å². The summed E-state index contributed by atoms with van der Waals surface area (Å²) in [5, 5.41) is 0. The molecule has 0 radical (unpaired) electrons. The van der Waals surface area contributed by atoms with E-state index in [4.69, 9.17) is 9.72 Å². The molecule has 0 aliphatic heterocycles. The van der Waals surface area contributed by atoms with Crippen LogP contribution < -0.4 is 4.74 Å². The molecule has 3 aromatic rings. The second kappa shape index (κ2) is 7.94. The number of nitrogens with zero attached hydrogens (tertiary/aromatic N) is 2. The number of benzene rings is 2. The third-order valence-corrected chi connectivity index (χ3v) is 5.67. The van der Waals surface area contributed by atoms with E-state index in [0.29, 0.717) is 6.61 Å². The first-order chi connectivity index (χ1) is 12.8. The third-order valence-electron chi connectivity index (χ3n) is 5.67. The molecule has 0 spiro atoms. The van der Waals surface area contributed by atoms with Crippen LogP contribution in [0.4, 0.5) is 0 Å². The fourth-order valence-electron chi connectivity index (χ4n) is 4.13. The van der Waals surface area contributed by atoms with Gasteiger partial charge in [-0.1, -0.05) is 62.4 Å². The van der Waals surface area contributed by atoms with E-state index in [1.54, 1.807) is 0 Å². The molecule has 0 amide bonds. The van der Waals surface area contributed by atoms with Gasteiger partial charge in [0.25, 0.3) is 0 Å². The van der Waals surface area contributed by atoms with Crippen molar-refractivity contribution < 1.29 is 4.74 Å². The Labute approximate surface area is 156 Å². The standard InChI is InChI=1S/C23H28N2O/c1-18-9-5-8-14-22(18)26-17-23-24-20-12-6-7-13-21(20)25(23)16-15-19-10-3-2-4-11-19/h5-9,12-14,19H,2-4,10-11,15-17H2,1H3. The minimum Gasteiger partial charge on any atom is -0.485 e. The van der Waals surface area contributed by atoms with E-state index in [9.17, 15) is 0 Å². The highest BCUT2D eigenvalue weighted by Crippen LogP contribution is 2.28. The van der Waals surface area contributed by atoms with Gasteiger partial charge in [0.1, 0.15) is 18.2 Å². The molecular formula is C23H28N2O. The maximum absolute atomic E-state index is 6.10. The minimum absolute atomic E-state index is 0.518. The predicted octanol–water partition coefficient (Wildman–Crippen LogP) is 5.89. The van der Waals surface area contributed by atoms with Crippen LogP contribution in [0.25, 0.3) is 11.0 Å². The highest BCUT2D eigenvalue weighted by molar-refractivity contribution is 5.75. The molecule has 1 fully saturated rings. The summed E-state index contributed by atoms with van der Waals surface area (Å²) in [4.78, 5) is 4.86. The number of hydrogen-bond donors (Lipinski definition) is 0. The van der Waals surface area contributed by atoms with Crippen molar-refractivity contribution in [3.05, 3.63) is 59.9 Å². The lowest BCUT2D eigenvalue weighted by Gasteiger charge is -2.22. The van der Waals surface area contributed by atoms with Crippen molar-refractivity contribution in [1.82, 2.24) is 9.55 Å². The van der Waals surface area contributed by atoms with Crippen LogP contribution in [0.15, 0.2) is 48.5 Å². The number of aryl methyl sites for hydroxylation is 2. The maximum Gasteiger partial charge on any atom is 0.147 e. The minimum atomic E-state index is 0.518. The van der Waals surface area contributed by atoms with Gasteiger partial charge in [0.15, 0.2) is 0 Å². The second-order valence-corrected chi connectivity index (χ2v) is 7.52. The van der Waals surface area contributed by atoms with E-state index in [2.05, 4.69) is 41.8 Å². The number of fused-ring (bicyclic) bond motifs is 1. The van der Waals surface area contributed by atoms with Crippen LogP contribution in [-0.4, -0.2) is 9.55 Å². The fourth-order valence-corrected chi connectivity index (χ4v) is 4.13. The average molecular weight is 348 g/mol. The van der Waals surface area contributed by atoms with Gasteiger partial charge in [-0.05, 0) is 43.0 Å². The summed E-state index contributed by atoms with van der Waals surface area (Å²) in [5.41, 5.74) is 3.46. The zero-order valence-electron chi connectivity index (χ0n) is 15.7. The number of imidazole rings is 1. The molecule has 136 valence electrons. The summed E-state index contributed by atoms with van der Waals surface area (Å²) in [7, 11) is 0. The summed E-state index contributed by atoms with van der Waals surface area (Å²) >= 11 is 0. The van der Waals surface area contributed by atoms with Gasteiger partial charge in [0.2, 0.25) is 0 Å². The molecule has 2 aromatic carbocycles. The molecule has 1 aromatic heterocycles. The molecule has 0 bridgehead atoms. The molecule has 1 saturated carbocycles. The Morgan fingerprint density at radius 3 is 2.62 bits per heavy atom. The van der Waals surface area contributed by atoms with Crippen LogP contribution in [0.1, 0.15) is 49.9 Å². The molecule has 1 aliphatic rings. The van der Waals surface area contributed by atoms with Gasteiger partial charge in [-0.15, -0.1) is 0 Å². The number of hydrogen-bond acceptors (Lipinski definition) is 2. The lowest BCUT2D eigenvalue weighted by atomic mass is 9.87. The predicted molar refractivity (Wildman–Crippen MR) is 106 cm³/mol. The van der Waals surface area contributed by atoms with Gasteiger partial charge in [-0.25, -0.2) is 4.98 Å². The van der Waals surface area contributed by atoms with Crippen molar-refractivity contribution in [2.75, 3.05) is 0 Å². The maximum atomic E-state index is 6.10. The number of rotatable bonds is 6. The van der Waals surface area contributed by atoms with Gasteiger partial charge >= 0.3 is 0 Å². The Kier molecular flexibility index (Phi) is 5.24. The summed E-state index contributed by atoms with van der Waals surface area (Å²) < 4.78 is 8.48. The molecule has 26 heavy (non-hydrogen) atoms. The summed E-state index contributed by atoms with van der Waals surface area (Å²) in [6.45, 7) is 3.64. The van der Waals surface area contributed by atoms with Gasteiger partial charge in [-0.3, -0.25) is 0 Å². The first kappa shape index (κ1) is 17.1. The Balaban J connectivity index is 1.54. The number of ether oxygens (including phenoxy) is 1. The van der Waals surface area contributed by atoms with Crippen LogP contribution in [0.5, 0.6) is 5.75 Å². The van der Waals surface area contributed by atoms with Gasteiger partial charge < -0.3 is 9.30 Å². The van der Waals surface area contributed by atoms with Crippen LogP contribution in [0.3, 0.4) is 0 Å². The third kappa shape index (κ3) is 3.77. The van der Waals surface area contributed by atoms with E-state index < -0.39 is 0 Å². The number of aromatic nitrogens is 2. The van der Waals surface area contributed by atoms with Crippen LogP contribution in [0.2, 0.25) is 0 Å². The SMILES string of the molecule is Cc1ccccc1OCc1nc2ccccc2n1CCC1CCCCC1. The molecule has 4 rings (SSSR count). The van der Waals surface area contributed by atoms with Gasteiger partial charge in [0, 0.05) is 6.54 Å². The first-order valence-corrected chi connectivity index (χ1v) is 9.94. The average Bonchev–Trinajstić information content (AvgIpc) is 3.04. The van der Waals surface area contributed by atoms with E-state index >= 15 is 0 Å². The zero-order chi connectivity index (χ0) is 17.8. The first-order valence-electron chi connectivity index (χ1n) is 9.94. The monoisotopic (exact) mass is 348 g/mol. The highest BCUT2D eigenvalue weighted by Gasteiger charge is 2.16. The topological polar surface area (TPSA) is 27.1 Å². The summed E-state index contributed by atoms with van der Waals surface area (Å²) in [5.74, 6) is 2.85. The van der Waals surface area contributed by atoms with Crippen molar-refractivity contribution in [2.45, 2.75) is 58.6 Å². The molecular weight excluding hydrogens is 320 g/mol.